The van der Waals surface area contributed by atoms with Crippen molar-refractivity contribution < 1.29 is 14.4 Å². The molecule has 1 saturated heterocycles. The van der Waals surface area contributed by atoms with Crippen molar-refractivity contribution in [3.8, 4) is 0 Å². The van der Waals surface area contributed by atoms with Crippen LogP contribution in [0.5, 0.6) is 0 Å². The molecule has 6 nitrogen and oxygen atoms in total. The van der Waals surface area contributed by atoms with E-state index in [-0.39, 0.29) is 10.0 Å². The highest BCUT2D eigenvalue weighted by molar-refractivity contribution is 9.10. The number of imide groups is 1. The normalized spacial score (nSPS) is 19.2. The molecule has 2 N–H and O–H groups in total. The fraction of sp³-hybridized carbons (Fsp3) is 0.167. The van der Waals surface area contributed by atoms with Gasteiger partial charge >= 0.3 is 6.03 Å². The molecule has 1 unspecified atom stereocenters. The number of hydrogen-bond acceptors (Lipinski definition) is 3. The van der Waals surface area contributed by atoms with E-state index in [1.54, 1.807) is 49.4 Å². The molecule has 0 radical (unpaired) electrons. The molecule has 0 saturated carbocycles. The Balaban J connectivity index is 1.79. The van der Waals surface area contributed by atoms with Crippen LogP contribution in [0.3, 0.4) is 0 Å². The largest absolute Gasteiger partial charge is 0.325 e. The second kappa shape index (κ2) is 7.50. The highest BCUT2D eigenvalue weighted by Crippen LogP contribution is 2.34. The number of nitrogens with zero attached hydrogens (tertiary/aromatic N) is 1. The number of nitrogens with one attached hydrogen (secondary N) is 2. The lowest BCUT2D eigenvalue weighted by atomic mass is 9.92. The second-order valence-corrected chi connectivity index (χ2v) is 7.72. The molecule has 0 spiro atoms. The van der Waals surface area contributed by atoms with Gasteiger partial charge in [0.15, 0.2) is 0 Å². The van der Waals surface area contributed by atoms with Crippen molar-refractivity contribution >= 4 is 62.7 Å². The number of rotatable bonds is 4. The molecule has 4 amide bonds. The standard InChI is InChI=1S/C18H14BrCl2N3O3/c1-18(10-5-2-3-6-11(10)19)16(26)24(17(27)23-18)9-14(25)22-13-8-4-7-12(20)15(13)21/h2-8H,9H2,1H3,(H,22,25)(H,23,27). The van der Waals surface area contributed by atoms with Gasteiger partial charge in [0.2, 0.25) is 5.91 Å². The molecule has 1 atom stereocenters. The van der Waals surface area contributed by atoms with E-state index < -0.39 is 29.9 Å². The molecule has 1 heterocycles. The Hall–Kier alpha value is -2.09. The van der Waals surface area contributed by atoms with Gasteiger partial charge in [-0.15, -0.1) is 0 Å². The van der Waals surface area contributed by atoms with Gasteiger partial charge in [-0.25, -0.2) is 4.79 Å². The van der Waals surface area contributed by atoms with Crippen LogP contribution in [0.25, 0.3) is 0 Å². The number of hydrogen-bond donors (Lipinski definition) is 2. The van der Waals surface area contributed by atoms with Crippen molar-refractivity contribution in [2.24, 2.45) is 0 Å². The summed E-state index contributed by atoms with van der Waals surface area (Å²) in [6.45, 7) is 1.15. The van der Waals surface area contributed by atoms with Crippen molar-refractivity contribution in [2.45, 2.75) is 12.5 Å². The summed E-state index contributed by atoms with van der Waals surface area (Å²) in [4.78, 5) is 38.4. The smallest absolute Gasteiger partial charge is 0.323 e. The summed E-state index contributed by atoms with van der Waals surface area (Å²) < 4.78 is 0.679. The lowest BCUT2D eigenvalue weighted by Gasteiger charge is -2.23. The zero-order valence-electron chi connectivity index (χ0n) is 14.1. The molecule has 1 fully saturated rings. The third-order valence-corrected chi connectivity index (χ3v) is 5.73. The van der Waals surface area contributed by atoms with E-state index in [4.69, 9.17) is 23.2 Å². The topological polar surface area (TPSA) is 78.5 Å². The molecule has 140 valence electrons. The van der Waals surface area contributed by atoms with E-state index in [0.717, 1.165) is 4.90 Å². The van der Waals surface area contributed by atoms with E-state index in [1.165, 1.54) is 0 Å². The first kappa shape index (κ1) is 19.7. The number of carbonyl (C=O) groups is 3. The Morgan fingerprint density at radius 1 is 1.19 bits per heavy atom. The van der Waals surface area contributed by atoms with Crippen molar-refractivity contribution in [1.29, 1.82) is 0 Å². The average Bonchev–Trinajstić information content (AvgIpc) is 2.83. The van der Waals surface area contributed by atoms with Crippen LogP contribution in [0.2, 0.25) is 10.0 Å². The van der Waals surface area contributed by atoms with Gasteiger partial charge < -0.3 is 10.6 Å². The summed E-state index contributed by atoms with van der Waals surface area (Å²) in [5.41, 5.74) is -0.371. The molecule has 2 aromatic rings. The highest BCUT2D eigenvalue weighted by atomic mass is 79.9. The SMILES string of the molecule is CC1(c2ccccc2Br)NC(=O)N(CC(=O)Nc2cccc(Cl)c2Cl)C1=O. The first-order chi connectivity index (χ1) is 12.7. The predicted molar refractivity (Wildman–Crippen MR) is 107 cm³/mol. The van der Waals surface area contributed by atoms with Crippen LogP contribution in [-0.4, -0.2) is 29.3 Å². The average molecular weight is 471 g/mol. The second-order valence-electron chi connectivity index (χ2n) is 6.08. The molecule has 9 heteroatoms. The number of carbonyl (C=O) groups excluding carboxylic acids is 3. The van der Waals surface area contributed by atoms with Gasteiger partial charge in [-0.3, -0.25) is 14.5 Å². The summed E-state index contributed by atoms with van der Waals surface area (Å²) in [6.07, 6.45) is 0. The van der Waals surface area contributed by atoms with Gasteiger partial charge in [0.05, 0.1) is 15.7 Å². The fourth-order valence-corrected chi connectivity index (χ4v) is 3.85. The van der Waals surface area contributed by atoms with Crippen molar-refractivity contribution in [3.05, 3.63) is 62.5 Å². The molecule has 0 bridgehead atoms. The Morgan fingerprint density at radius 3 is 2.59 bits per heavy atom. The summed E-state index contributed by atoms with van der Waals surface area (Å²) in [7, 11) is 0. The van der Waals surface area contributed by atoms with E-state index >= 15 is 0 Å². The molecular weight excluding hydrogens is 457 g/mol. The van der Waals surface area contributed by atoms with Crippen LogP contribution in [0.15, 0.2) is 46.9 Å². The minimum atomic E-state index is -1.27. The molecular formula is C18H14BrCl2N3O3. The Kier molecular flexibility index (Phi) is 5.46. The molecule has 0 aromatic heterocycles. The first-order valence-corrected chi connectivity index (χ1v) is 9.42. The van der Waals surface area contributed by atoms with Crippen LogP contribution in [-0.2, 0) is 15.1 Å². The van der Waals surface area contributed by atoms with Gasteiger partial charge in [0, 0.05) is 10.0 Å². The molecule has 0 aliphatic carbocycles. The third-order valence-electron chi connectivity index (χ3n) is 4.21. The zero-order valence-corrected chi connectivity index (χ0v) is 17.2. The number of urea groups is 1. The molecule has 27 heavy (non-hydrogen) atoms. The maximum absolute atomic E-state index is 12.9. The number of amides is 4. The van der Waals surface area contributed by atoms with Gasteiger partial charge in [0.1, 0.15) is 12.1 Å². The van der Waals surface area contributed by atoms with Gasteiger partial charge in [-0.1, -0.05) is 63.4 Å². The van der Waals surface area contributed by atoms with Crippen LogP contribution in [0.4, 0.5) is 10.5 Å². The van der Waals surface area contributed by atoms with Crippen LogP contribution < -0.4 is 10.6 Å². The summed E-state index contributed by atoms with van der Waals surface area (Å²) in [5.74, 6) is -1.09. The lowest BCUT2D eigenvalue weighted by molar-refractivity contribution is -0.133. The lowest BCUT2D eigenvalue weighted by Crippen LogP contribution is -2.42. The summed E-state index contributed by atoms with van der Waals surface area (Å²) >= 11 is 15.4. The Bertz CT molecular complexity index is 953. The maximum Gasteiger partial charge on any atom is 0.325 e. The molecule has 1 aliphatic heterocycles. The zero-order chi connectivity index (χ0) is 19.8. The quantitative estimate of drug-likeness (QED) is 0.658. The van der Waals surface area contributed by atoms with Gasteiger partial charge in [-0.2, -0.15) is 0 Å². The number of halogens is 3. The van der Waals surface area contributed by atoms with Crippen molar-refractivity contribution in [2.75, 3.05) is 11.9 Å². The minimum absolute atomic E-state index is 0.183. The predicted octanol–water partition coefficient (Wildman–Crippen LogP) is 4.16. The highest BCUT2D eigenvalue weighted by Gasteiger charge is 2.50. The monoisotopic (exact) mass is 469 g/mol. The maximum atomic E-state index is 12.9. The van der Waals surface area contributed by atoms with Crippen molar-refractivity contribution in [1.82, 2.24) is 10.2 Å². The molecule has 2 aromatic carbocycles. The summed E-state index contributed by atoms with van der Waals surface area (Å²) in [6, 6.07) is 11.2. The first-order valence-electron chi connectivity index (χ1n) is 7.87. The van der Waals surface area contributed by atoms with E-state index in [9.17, 15) is 14.4 Å². The number of benzene rings is 2. The summed E-state index contributed by atoms with van der Waals surface area (Å²) in [5, 5.41) is 5.68. The fourth-order valence-electron chi connectivity index (χ4n) is 2.82. The van der Waals surface area contributed by atoms with E-state index in [1.807, 2.05) is 0 Å². The van der Waals surface area contributed by atoms with Gasteiger partial charge in [-0.05, 0) is 25.1 Å². The molecule has 3 rings (SSSR count). The number of anilines is 1. The van der Waals surface area contributed by atoms with Crippen LogP contribution in [0, 0.1) is 0 Å². The van der Waals surface area contributed by atoms with Gasteiger partial charge in [0.25, 0.3) is 5.91 Å². The Morgan fingerprint density at radius 2 is 1.89 bits per heavy atom. The van der Waals surface area contributed by atoms with E-state index in [0.29, 0.717) is 15.7 Å². The Labute approximate surface area is 173 Å². The van der Waals surface area contributed by atoms with Crippen LogP contribution in [0.1, 0.15) is 12.5 Å². The van der Waals surface area contributed by atoms with Crippen LogP contribution >= 0.6 is 39.1 Å². The minimum Gasteiger partial charge on any atom is -0.323 e. The molecule has 1 aliphatic rings. The van der Waals surface area contributed by atoms with E-state index in [2.05, 4.69) is 26.6 Å². The third kappa shape index (κ3) is 3.67. The van der Waals surface area contributed by atoms with Crippen molar-refractivity contribution in [3.63, 3.8) is 0 Å².